The number of nitrogens with one attached hydrogen (secondary N) is 1. The zero-order valence-corrected chi connectivity index (χ0v) is 11.1. The number of hydrogen-bond acceptors (Lipinski definition) is 4. The maximum absolute atomic E-state index is 11.0. The minimum Gasteiger partial charge on any atom is -0.352 e. The van der Waals surface area contributed by atoms with E-state index in [1.54, 1.807) is 6.26 Å². The van der Waals surface area contributed by atoms with Crippen LogP contribution in [0.25, 0.3) is 0 Å². The molecule has 1 heterocycles. The summed E-state index contributed by atoms with van der Waals surface area (Å²) in [4.78, 5) is 8.61. The molecule has 0 aromatic carbocycles. The van der Waals surface area contributed by atoms with E-state index in [0.717, 1.165) is 17.8 Å². The highest BCUT2D eigenvalue weighted by molar-refractivity contribution is 7.84. The van der Waals surface area contributed by atoms with Crippen molar-refractivity contribution in [3.63, 3.8) is 0 Å². The van der Waals surface area contributed by atoms with Gasteiger partial charge in [-0.3, -0.25) is 4.21 Å². The highest BCUT2D eigenvalue weighted by Crippen LogP contribution is 2.06. The lowest BCUT2D eigenvalue weighted by atomic mass is 10.3. The Bertz CT molecular complexity index is 361. The van der Waals surface area contributed by atoms with Crippen LogP contribution in [0.15, 0.2) is 6.07 Å². The molecule has 1 aromatic rings. The molecule has 1 aromatic heterocycles. The fourth-order valence-electron chi connectivity index (χ4n) is 1.43. The van der Waals surface area contributed by atoms with Crippen molar-refractivity contribution in [2.75, 3.05) is 17.3 Å². The zero-order valence-electron chi connectivity index (χ0n) is 10.3. The van der Waals surface area contributed by atoms with E-state index >= 15 is 0 Å². The first-order chi connectivity index (χ1) is 7.47. The smallest absolute Gasteiger partial charge is 0.223 e. The van der Waals surface area contributed by atoms with Crippen LogP contribution in [0.4, 0.5) is 5.95 Å². The highest BCUT2D eigenvalue weighted by Gasteiger charge is 2.05. The molecule has 0 amide bonds. The average Bonchev–Trinajstić information content (AvgIpc) is 2.12. The van der Waals surface area contributed by atoms with E-state index < -0.39 is 10.8 Å². The molecule has 1 N–H and O–H groups in total. The van der Waals surface area contributed by atoms with Gasteiger partial charge in [0.25, 0.3) is 0 Å². The first-order valence-corrected chi connectivity index (χ1v) is 7.09. The second-order valence-electron chi connectivity index (χ2n) is 4.09. The van der Waals surface area contributed by atoms with Crippen molar-refractivity contribution in [1.29, 1.82) is 0 Å². The van der Waals surface area contributed by atoms with Gasteiger partial charge < -0.3 is 5.32 Å². The number of anilines is 1. The summed E-state index contributed by atoms with van der Waals surface area (Å²) in [5.74, 6) is 1.37. The van der Waals surface area contributed by atoms with Crippen LogP contribution in [0.2, 0.25) is 0 Å². The summed E-state index contributed by atoms with van der Waals surface area (Å²) in [5.41, 5.74) is 1.92. The summed E-state index contributed by atoms with van der Waals surface area (Å²) in [6.07, 6.45) is 2.58. The third kappa shape index (κ3) is 4.70. The second kappa shape index (κ2) is 5.94. The van der Waals surface area contributed by atoms with Crippen LogP contribution >= 0.6 is 0 Å². The van der Waals surface area contributed by atoms with Gasteiger partial charge in [0.05, 0.1) is 0 Å². The van der Waals surface area contributed by atoms with Gasteiger partial charge in [0.15, 0.2) is 0 Å². The Morgan fingerprint density at radius 3 is 2.44 bits per heavy atom. The fraction of sp³-hybridized carbons (Fsp3) is 0.636. The molecule has 1 rings (SSSR count). The molecule has 90 valence electrons. The molecule has 0 aliphatic rings. The summed E-state index contributed by atoms with van der Waals surface area (Å²) in [5, 5.41) is 3.22. The fourth-order valence-corrected chi connectivity index (χ4v) is 2.11. The van der Waals surface area contributed by atoms with E-state index in [4.69, 9.17) is 0 Å². The van der Waals surface area contributed by atoms with E-state index in [2.05, 4.69) is 15.3 Å². The molecule has 0 radical (unpaired) electrons. The Labute approximate surface area is 99.3 Å². The molecule has 0 fully saturated rings. The van der Waals surface area contributed by atoms with E-state index in [1.165, 1.54) is 0 Å². The summed E-state index contributed by atoms with van der Waals surface area (Å²) in [6, 6.07) is 2.18. The van der Waals surface area contributed by atoms with Crippen molar-refractivity contribution in [1.82, 2.24) is 9.97 Å². The van der Waals surface area contributed by atoms with Crippen molar-refractivity contribution in [2.24, 2.45) is 0 Å². The maximum atomic E-state index is 11.0. The Balaban J connectivity index is 2.55. The Hall–Kier alpha value is -0.970. The predicted octanol–water partition coefficient (Wildman–Crippen LogP) is 1.66. The lowest BCUT2D eigenvalue weighted by Gasteiger charge is -2.13. The topological polar surface area (TPSA) is 54.9 Å². The monoisotopic (exact) mass is 241 g/mol. The standard InChI is InChI=1S/C11H19N3OS/c1-8(5-6-16(4)15)12-11-13-9(2)7-10(3)14-11/h7-8H,5-6H2,1-4H3,(H,12,13,14). The molecule has 0 spiro atoms. The molecule has 16 heavy (non-hydrogen) atoms. The number of hydrogen-bond donors (Lipinski definition) is 1. The minimum atomic E-state index is -0.734. The molecule has 5 heteroatoms. The van der Waals surface area contributed by atoms with Crippen molar-refractivity contribution in [2.45, 2.75) is 33.2 Å². The summed E-state index contributed by atoms with van der Waals surface area (Å²) < 4.78 is 11.0. The van der Waals surface area contributed by atoms with Crippen molar-refractivity contribution in [3.8, 4) is 0 Å². The van der Waals surface area contributed by atoms with Gasteiger partial charge in [-0.2, -0.15) is 0 Å². The quantitative estimate of drug-likeness (QED) is 0.852. The van der Waals surface area contributed by atoms with Crippen LogP contribution in [-0.4, -0.2) is 32.2 Å². The van der Waals surface area contributed by atoms with Crippen LogP contribution in [0.3, 0.4) is 0 Å². The van der Waals surface area contributed by atoms with E-state index in [-0.39, 0.29) is 6.04 Å². The molecule has 4 nitrogen and oxygen atoms in total. The van der Waals surface area contributed by atoms with Crippen LogP contribution in [-0.2, 0) is 10.8 Å². The first-order valence-electron chi connectivity index (χ1n) is 5.36. The van der Waals surface area contributed by atoms with Crippen LogP contribution < -0.4 is 5.32 Å². The molecule has 0 aliphatic heterocycles. The van der Waals surface area contributed by atoms with Gasteiger partial charge in [-0.15, -0.1) is 0 Å². The zero-order chi connectivity index (χ0) is 12.1. The van der Waals surface area contributed by atoms with Crippen molar-refractivity contribution >= 4 is 16.7 Å². The Kier molecular flexibility index (Phi) is 4.86. The third-order valence-corrected chi connectivity index (χ3v) is 3.01. The van der Waals surface area contributed by atoms with Gasteiger partial charge in [-0.1, -0.05) is 0 Å². The molecule has 0 aliphatic carbocycles. The van der Waals surface area contributed by atoms with Crippen LogP contribution in [0, 0.1) is 13.8 Å². The Morgan fingerprint density at radius 1 is 1.38 bits per heavy atom. The molecular formula is C11H19N3OS. The second-order valence-corrected chi connectivity index (χ2v) is 5.64. The number of nitrogens with zero attached hydrogens (tertiary/aromatic N) is 2. The summed E-state index contributed by atoms with van der Waals surface area (Å²) in [7, 11) is -0.734. The highest BCUT2D eigenvalue weighted by atomic mass is 32.2. The summed E-state index contributed by atoms with van der Waals surface area (Å²) >= 11 is 0. The molecule has 0 bridgehead atoms. The molecule has 2 atom stereocenters. The molecule has 0 saturated heterocycles. The van der Waals surface area contributed by atoms with Gasteiger partial charge in [0.1, 0.15) is 0 Å². The van der Waals surface area contributed by atoms with Gasteiger partial charge in [0, 0.05) is 40.2 Å². The SMILES string of the molecule is Cc1cc(C)nc(NC(C)CCS(C)=O)n1. The number of aryl methyl sites for hydroxylation is 2. The van der Waals surface area contributed by atoms with Crippen LogP contribution in [0.5, 0.6) is 0 Å². The predicted molar refractivity (Wildman–Crippen MR) is 68.1 cm³/mol. The normalized spacial score (nSPS) is 14.5. The van der Waals surface area contributed by atoms with Gasteiger partial charge >= 0.3 is 0 Å². The van der Waals surface area contributed by atoms with E-state index in [9.17, 15) is 4.21 Å². The summed E-state index contributed by atoms with van der Waals surface area (Å²) in [6.45, 7) is 5.95. The first kappa shape index (κ1) is 13.1. The lowest BCUT2D eigenvalue weighted by Crippen LogP contribution is -2.19. The van der Waals surface area contributed by atoms with E-state index in [1.807, 2.05) is 26.8 Å². The minimum absolute atomic E-state index is 0.241. The van der Waals surface area contributed by atoms with Gasteiger partial charge in [0.2, 0.25) is 5.95 Å². The van der Waals surface area contributed by atoms with Gasteiger partial charge in [-0.05, 0) is 33.3 Å². The molecule has 2 unspecified atom stereocenters. The lowest BCUT2D eigenvalue weighted by molar-refractivity contribution is 0.677. The van der Waals surface area contributed by atoms with Crippen molar-refractivity contribution in [3.05, 3.63) is 17.5 Å². The maximum Gasteiger partial charge on any atom is 0.223 e. The number of rotatable bonds is 5. The number of aromatic nitrogens is 2. The largest absolute Gasteiger partial charge is 0.352 e. The van der Waals surface area contributed by atoms with Crippen molar-refractivity contribution < 1.29 is 4.21 Å². The third-order valence-electron chi connectivity index (χ3n) is 2.20. The van der Waals surface area contributed by atoms with Gasteiger partial charge in [-0.25, -0.2) is 9.97 Å². The molecule has 0 saturated carbocycles. The Morgan fingerprint density at radius 2 is 1.94 bits per heavy atom. The average molecular weight is 241 g/mol. The van der Waals surface area contributed by atoms with E-state index in [0.29, 0.717) is 11.7 Å². The molecular weight excluding hydrogens is 222 g/mol. The van der Waals surface area contributed by atoms with Crippen LogP contribution in [0.1, 0.15) is 24.7 Å².